The summed E-state index contributed by atoms with van der Waals surface area (Å²) >= 11 is 6.05. The predicted octanol–water partition coefficient (Wildman–Crippen LogP) is 5.32. The molecule has 3 aromatic rings. The normalized spacial score (nSPS) is 19.3. The molecule has 4 rings (SSSR count). The van der Waals surface area contributed by atoms with Gasteiger partial charge in [-0.25, -0.2) is 19.7 Å². The van der Waals surface area contributed by atoms with E-state index in [0.717, 1.165) is 6.20 Å². The molecule has 8 nitrogen and oxygen atoms in total. The summed E-state index contributed by atoms with van der Waals surface area (Å²) in [5.41, 5.74) is -1.47. The second kappa shape index (κ2) is 8.85. The van der Waals surface area contributed by atoms with Crippen molar-refractivity contribution in [1.82, 2.24) is 24.4 Å². The first-order valence-electron chi connectivity index (χ1n) is 11.1. The Balaban J connectivity index is 1.78. The van der Waals surface area contributed by atoms with E-state index in [1.807, 2.05) is 13.8 Å². The van der Waals surface area contributed by atoms with Crippen molar-refractivity contribution in [3.05, 3.63) is 41.4 Å². The lowest BCUT2D eigenvalue weighted by Gasteiger charge is -2.44. The first kappa shape index (κ1) is 25.0. The number of hydrogen-bond donors (Lipinski definition) is 0. The Morgan fingerprint density at radius 2 is 1.83 bits per heavy atom. The van der Waals surface area contributed by atoms with Gasteiger partial charge < -0.3 is 14.5 Å². The van der Waals surface area contributed by atoms with Crippen molar-refractivity contribution in [2.75, 3.05) is 18.0 Å². The summed E-state index contributed by atoms with van der Waals surface area (Å²) in [7, 11) is 0. The van der Waals surface area contributed by atoms with Gasteiger partial charge >= 0.3 is 12.3 Å². The van der Waals surface area contributed by atoms with Crippen LogP contribution in [0, 0.1) is 0 Å². The Morgan fingerprint density at radius 3 is 2.46 bits per heavy atom. The van der Waals surface area contributed by atoms with Gasteiger partial charge in [0.15, 0.2) is 5.65 Å². The fourth-order valence-electron chi connectivity index (χ4n) is 4.17. The number of halogens is 4. The van der Waals surface area contributed by atoms with E-state index in [-0.39, 0.29) is 47.8 Å². The van der Waals surface area contributed by atoms with Gasteiger partial charge in [0, 0.05) is 48.7 Å². The van der Waals surface area contributed by atoms with E-state index >= 15 is 0 Å². The molecule has 35 heavy (non-hydrogen) atoms. The van der Waals surface area contributed by atoms with Gasteiger partial charge in [-0.1, -0.05) is 11.6 Å². The molecule has 0 aromatic carbocycles. The molecule has 188 valence electrons. The average Bonchev–Trinajstić information content (AvgIpc) is 3.14. The minimum absolute atomic E-state index is 0.0616. The number of ether oxygens (including phenoxy) is 1. The molecule has 2 atom stereocenters. The maximum atomic E-state index is 14.2. The monoisotopic (exact) mass is 510 g/mol. The van der Waals surface area contributed by atoms with Crippen molar-refractivity contribution in [1.29, 1.82) is 0 Å². The lowest BCUT2D eigenvalue weighted by Crippen LogP contribution is -2.59. The van der Waals surface area contributed by atoms with E-state index in [9.17, 15) is 18.0 Å². The largest absolute Gasteiger partial charge is 0.444 e. The second-order valence-electron chi connectivity index (χ2n) is 9.62. The third-order valence-electron chi connectivity index (χ3n) is 5.71. The molecule has 3 aromatic heterocycles. The first-order valence-corrected chi connectivity index (χ1v) is 11.5. The van der Waals surface area contributed by atoms with E-state index in [1.165, 1.54) is 29.2 Å². The van der Waals surface area contributed by atoms with E-state index < -0.39 is 23.4 Å². The summed E-state index contributed by atoms with van der Waals surface area (Å²) < 4.78 is 49.3. The summed E-state index contributed by atoms with van der Waals surface area (Å²) in [5.74, 6) is 0.352. The highest BCUT2D eigenvalue weighted by atomic mass is 35.5. The third kappa shape index (κ3) is 5.00. The van der Waals surface area contributed by atoms with Gasteiger partial charge in [0.1, 0.15) is 23.6 Å². The van der Waals surface area contributed by atoms with Crippen LogP contribution in [0.25, 0.3) is 16.9 Å². The van der Waals surface area contributed by atoms with Crippen molar-refractivity contribution in [3.8, 4) is 5.82 Å². The van der Waals surface area contributed by atoms with Crippen LogP contribution in [0.3, 0.4) is 0 Å². The summed E-state index contributed by atoms with van der Waals surface area (Å²) in [6, 6.07) is 2.35. The van der Waals surface area contributed by atoms with Crippen LogP contribution in [0.1, 0.15) is 40.2 Å². The zero-order valence-corrected chi connectivity index (χ0v) is 20.7. The minimum Gasteiger partial charge on any atom is -0.444 e. The lowest BCUT2D eigenvalue weighted by atomic mass is 10.1. The van der Waals surface area contributed by atoms with Crippen molar-refractivity contribution in [2.45, 2.75) is 58.5 Å². The Labute approximate surface area is 205 Å². The highest BCUT2D eigenvalue weighted by molar-refractivity contribution is 6.30. The van der Waals surface area contributed by atoms with Crippen LogP contribution in [-0.2, 0) is 10.9 Å². The van der Waals surface area contributed by atoms with Crippen LogP contribution in [0.4, 0.5) is 23.8 Å². The smallest absolute Gasteiger partial charge is 0.418 e. The molecule has 1 fully saturated rings. The van der Waals surface area contributed by atoms with Crippen molar-refractivity contribution in [2.24, 2.45) is 0 Å². The number of fused-ring (bicyclic) bond motifs is 1. The second-order valence-corrected chi connectivity index (χ2v) is 10.1. The molecule has 1 aliphatic rings. The average molecular weight is 511 g/mol. The zero-order chi connectivity index (χ0) is 25.7. The topological polar surface area (TPSA) is 76.4 Å². The molecule has 0 aliphatic carbocycles. The number of pyridine rings is 1. The first-order chi connectivity index (χ1) is 16.3. The summed E-state index contributed by atoms with van der Waals surface area (Å²) in [6.07, 6.45) is -1.51. The Kier molecular flexibility index (Phi) is 6.33. The van der Waals surface area contributed by atoms with Gasteiger partial charge in [-0.15, -0.1) is 0 Å². The van der Waals surface area contributed by atoms with Crippen molar-refractivity contribution >= 4 is 34.5 Å². The number of nitrogens with zero attached hydrogens (tertiary/aromatic N) is 6. The molecular weight excluding hydrogens is 485 g/mol. The molecule has 1 aliphatic heterocycles. The van der Waals surface area contributed by atoms with Crippen LogP contribution in [0.2, 0.25) is 5.02 Å². The summed E-state index contributed by atoms with van der Waals surface area (Å²) in [5, 5.41) is 0.201. The number of amides is 1. The van der Waals surface area contributed by atoms with E-state index in [0.29, 0.717) is 5.02 Å². The van der Waals surface area contributed by atoms with Gasteiger partial charge in [0.2, 0.25) is 0 Å². The number of rotatable bonds is 2. The van der Waals surface area contributed by atoms with Crippen molar-refractivity contribution < 1.29 is 22.7 Å². The number of aromatic nitrogens is 4. The number of hydrogen-bond acceptors (Lipinski definition) is 6. The number of alkyl halides is 3. The lowest BCUT2D eigenvalue weighted by molar-refractivity contribution is -0.136. The molecule has 12 heteroatoms. The molecule has 0 spiro atoms. The maximum Gasteiger partial charge on any atom is 0.418 e. The van der Waals surface area contributed by atoms with Crippen LogP contribution in [0.15, 0.2) is 30.9 Å². The Morgan fingerprint density at radius 1 is 1.11 bits per heavy atom. The summed E-state index contributed by atoms with van der Waals surface area (Å²) in [6.45, 7) is 9.54. The Bertz CT molecular complexity index is 1260. The molecule has 4 heterocycles. The summed E-state index contributed by atoms with van der Waals surface area (Å²) in [4.78, 5) is 28.6. The molecule has 1 saturated heterocycles. The fourth-order valence-corrected chi connectivity index (χ4v) is 4.33. The maximum absolute atomic E-state index is 14.2. The quantitative estimate of drug-likeness (QED) is 0.464. The highest BCUT2D eigenvalue weighted by Gasteiger charge is 2.40. The Hall–Kier alpha value is -3.08. The van der Waals surface area contributed by atoms with E-state index in [2.05, 4.69) is 15.0 Å². The molecule has 0 radical (unpaired) electrons. The number of piperazine rings is 1. The van der Waals surface area contributed by atoms with Crippen LogP contribution in [0.5, 0.6) is 0 Å². The van der Waals surface area contributed by atoms with E-state index in [4.69, 9.17) is 16.3 Å². The minimum atomic E-state index is -4.66. The standard InChI is InChI=1S/C23H26ClF3N6O2/c1-13-10-32(21(34)35-22(3,4)5)14(2)9-31(13)19-18-16(23(25,26)27)11-33(20(18)30-12-29-19)17-8-15(24)6-7-28-17/h6-8,11-14H,9-10H2,1-5H3/t13-,14+/m0/s1. The molecule has 0 bridgehead atoms. The molecule has 0 unspecified atom stereocenters. The van der Waals surface area contributed by atoms with Gasteiger partial charge in [0.05, 0.1) is 10.9 Å². The fraction of sp³-hybridized carbons (Fsp3) is 0.478. The predicted molar refractivity (Wildman–Crippen MR) is 126 cm³/mol. The van der Waals surface area contributed by atoms with Gasteiger partial charge in [-0.05, 0) is 40.7 Å². The van der Waals surface area contributed by atoms with Crippen LogP contribution >= 0.6 is 11.6 Å². The van der Waals surface area contributed by atoms with E-state index in [1.54, 1.807) is 30.6 Å². The SMILES string of the molecule is C[C@@H]1CN(c2ncnc3c2c(C(F)(F)F)cn3-c2cc(Cl)ccn2)[C@@H](C)CN1C(=O)OC(C)(C)C. The van der Waals surface area contributed by atoms with Crippen molar-refractivity contribution in [3.63, 3.8) is 0 Å². The molecular formula is C23H26ClF3N6O2. The molecule has 0 saturated carbocycles. The number of anilines is 1. The number of carbonyl (C=O) groups is 1. The van der Waals surface area contributed by atoms with Crippen LogP contribution < -0.4 is 4.90 Å². The zero-order valence-electron chi connectivity index (χ0n) is 20.0. The van der Waals surface area contributed by atoms with Gasteiger partial charge in [-0.2, -0.15) is 13.2 Å². The molecule has 1 amide bonds. The van der Waals surface area contributed by atoms with Crippen LogP contribution in [-0.4, -0.2) is 61.3 Å². The number of carbonyl (C=O) groups excluding carboxylic acids is 1. The molecule has 0 N–H and O–H groups in total. The highest BCUT2D eigenvalue weighted by Crippen LogP contribution is 2.41. The van der Waals surface area contributed by atoms with Gasteiger partial charge in [0.25, 0.3) is 0 Å². The third-order valence-corrected chi connectivity index (χ3v) is 5.94. The van der Waals surface area contributed by atoms with Gasteiger partial charge in [-0.3, -0.25) is 4.57 Å².